The number of nitrogens with two attached hydrogens (primary N) is 1. The fourth-order valence-electron chi connectivity index (χ4n) is 4.78. The number of rotatable bonds is 13. The number of aliphatic carboxylic acids is 1. The second-order valence-electron chi connectivity index (χ2n) is 10.2. The minimum atomic E-state index is -4.02. The number of nitrogens with one attached hydrogen (secondary N) is 1. The highest BCUT2D eigenvalue weighted by atomic mass is 31.2. The first kappa shape index (κ1) is 29.9. The maximum atomic E-state index is 13.6. The topological polar surface area (TPSA) is 130 Å². The van der Waals surface area contributed by atoms with Crippen LogP contribution in [0.25, 0.3) is 11.1 Å². The highest BCUT2D eigenvalue weighted by Crippen LogP contribution is 2.47. The summed E-state index contributed by atoms with van der Waals surface area (Å²) < 4.78 is 13.5. The van der Waals surface area contributed by atoms with E-state index in [2.05, 4.69) is 5.32 Å². The zero-order chi connectivity index (χ0) is 29.2. The first-order valence-electron chi connectivity index (χ1n) is 13.5. The van der Waals surface area contributed by atoms with Gasteiger partial charge in [-0.3, -0.25) is 9.36 Å². The summed E-state index contributed by atoms with van der Waals surface area (Å²) in [6.45, 7) is 0. The van der Waals surface area contributed by atoms with Crippen molar-refractivity contribution in [1.82, 2.24) is 5.32 Å². The molecule has 0 aliphatic heterocycles. The van der Waals surface area contributed by atoms with Crippen molar-refractivity contribution >= 4 is 19.2 Å². The molecule has 1 amide bonds. The summed E-state index contributed by atoms with van der Waals surface area (Å²) >= 11 is 0. The number of carboxylic acids is 1. The summed E-state index contributed by atoms with van der Waals surface area (Å²) in [5.41, 5.74) is 10.6. The van der Waals surface area contributed by atoms with E-state index in [4.69, 9.17) is 5.73 Å². The summed E-state index contributed by atoms with van der Waals surface area (Å²) in [4.78, 5) is 36.6. The van der Waals surface area contributed by atoms with E-state index in [1.807, 2.05) is 91.0 Å². The van der Waals surface area contributed by atoms with Crippen LogP contribution in [0.2, 0.25) is 0 Å². The molecule has 41 heavy (non-hydrogen) atoms. The van der Waals surface area contributed by atoms with Crippen LogP contribution >= 0.6 is 7.37 Å². The van der Waals surface area contributed by atoms with Gasteiger partial charge in [0.15, 0.2) is 0 Å². The van der Waals surface area contributed by atoms with E-state index in [1.54, 1.807) is 24.3 Å². The lowest BCUT2D eigenvalue weighted by atomic mass is 9.97. The van der Waals surface area contributed by atoms with Crippen LogP contribution < -0.4 is 11.1 Å². The Kier molecular flexibility index (Phi) is 10.3. The second kappa shape index (κ2) is 14.0. The lowest BCUT2D eigenvalue weighted by molar-refractivity contribution is -0.142. The molecule has 0 fully saturated rings. The zero-order valence-electron chi connectivity index (χ0n) is 22.7. The van der Waals surface area contributed by atoms with Crippen molar-refractivity contribution in [1.29, 1.82) is 0 Å². The Labute approximate surface area is 240 Å². The van der Waals surface area contributed by atoms with Crippen molar-refractivity contribution in [2.45, 2.75) is 31.1 Å². The number of carboxylic acid groups (broad SMARTS) is 1. The number of benzene rings is 4. The average Bonchev–Trinajstić information content (AvgIpc) is 2.98. The summed E-state index contributed by atoms with van der Waals surface area (Å²) in [6.07, 6.45) is 0.0529. The molecule has 0 bridgehead atoms. The van der Waals surface area contributed by atoms with E-state index in [0.29, 0.717) is 0 Å². The molecule has 0 spiro atoms. The Bertz CT molecular complexity index is 1460. The zero-order valence-corrected chi connectivity index (χ0v) is 23.6. The van der Waals surface area contributed by atoms with Crippen LogP contribution in [0, 0.1) is 5.92 Å². The Balaban J connectivity index is 1.55. The summed E-state index contributed by atoms with van der Waals surface area (Å²) in [5, 5.41) is 12.5. The third kappa shape index (κ3) is 8.73. The van der Waals surface area contributed by atoms with E-state index in [9.17, 15) is 24.2 Å². The van der Waals surface area contributed by atoms with E-state index in [-0.39, 0.29) is 25.4 Å². The smallest absolute Gasteiger partial charge is 0.326 e. The number of hydrogen-bond acceptors (Lipinski definition) is 4. The van der Waals surface area contributed by atoms with Gasteiger partial charge in [0.1, 0.15) is 6.04 Å². The predicted molar refractivity (Wildman–Crippen MR) is 162 cm³/mol. The largest absolute Gasteiger partial charge is 0.480 e. The van der Waals surface area contributed by atoms with E-state index < -0.39 is 37.0 Å². The van der Waals surface area contributed by atoms with Crippen LogP contribution in [-0.4, -0.2) is 39.9 Å². The minimum absolute atomic E-state index is 0.0880. The van der Waals surface area contributed by atoms with Crippen molar-refractivity contribution in [2.75, 3.05) is 6.16 Å². The number of hydrogen-bond donors (Lipinski definition) is 4. The lowest BCUT2D eigenvalue weighted by Gasteiger charge is -2.26. The molecule has 212 valence electrons. The van der Waals surface area contributed by atoms with Crippen LogP contribution in [0.15, 0.2) is 115 Å². The Morgan fingerprint density at radius 2 is 1.15 bits per heavy atom. The van der Waals surface area contributed by atoms with Crippen molar-refractivity contribution in [2.24, 2.45) is 11.7 Å². The van der Waals surface area contributed by atoms with Gasteiger partial charge in [-0.05, 0) is 40.7 Å². The fourth-order valence-corrected chi connectivity index (χ4v) is 6.47. The molecule has 0 aliphatic carbocycles. The van der Waals surface area contributed by atoms with Gasteiger partial charge < -0.3 is 21.1 Å². The summed E-state index contributed by atoms with van der Waals surface area (Å²) in [6, 6.07) is 34.5. The molecular weight excluding hydrogens is 535 g/mol. The Morgan fingerprint density at radius 1 is 0.683 bits per heavy atom. The van der Waals surface area contributed by atoms with Gasteiger partial charge in [-0.25, -0.2) is 4.79 Å². The maximum absolute atomic E-state index is 13.6. The van der Waals surface area contributed by atoms with Crippen molar-refractivity contribution in [3.05, 3.63) is 132 Å². The Hall–Kier alpha value is -4.03. The van der Waals surface area contributed by atoms with Gasteiger partial charge in [-0.15, -0.1) is 0 Å². The predicted octanol–water partition coefficient (Wildman–Crippen LogP) is 5.12. The van der Waals surface area contributed by atoms with Gasteiger partial charge >= 0.3 is 5.97 Å². The van der Waals surface area contributed by atoms with Gasteiger partial charge in [0.05, 0.1) is 11.7 Å². The number of carbonyl (C=O) groups excluding carboxylic acids is 1. The molecule has 0 radical (unpaired) electrons. The SMILES string of the molecule is N[C@@H](Cc1ccccc1)P(=O)(O)C[C@H](Cc1ccc(-c2ccccc2)cc1)C(=O)N[C@@H](Cc1ccccc1)C(=O)O. The van der Waals surface area contributed by atoms with E-state index in [0.717, 1.165) is 27.8 Å². The van der Waals surface area contributed by atoms with Crippen LogP contribution in [0.4, 0.5) is 0 Å². The molecule has 0 aliphatic rings. The molecule has 0 saturated heterocycles. The highest BCUT2D eigenvalue weighted by Gasteiger charge is 2.35. The molecule has 1 unspecified atom stereocenters. The van der Waals surface area contributed by atoms with Gasteiger partial charge in [0.25, 0.3) is 0 Å². The van der Waals surface area contributed by atoms with Crippen LogP contribution in [0.3, 0.4) is 0 Å². The Morgan fingerprint density at radius 3 is 1.68 bits per heavy atom. The summed E-state index contributed by atoms with van der Waals surface area (Å²) in [5.74, 6) is -3.81. The van der Waals surface area contributed by atoms with Crippen LogP contribution in [-0.2, 0) is 33.4 Å². The molecule has 4 aromatic carbocycles. The standard InChI is InChI=1S/C33H35N2O5P/c34-31(22-25-12-6-2-7-13-25)41(39,40)23-29(20-26-16-18-28(19-17-26)27-14-8-3-9-15-27)32(36)35-30(33(37)38)21-24-10-4-1-5-11-24/h1-19,29-31H,20-23,34H2,(H,35,36)(H,37,38)(H,39,40)/t29-,30-,31+/m0/s1. The third-order valence-corrected chi connectivity index (χ3v) is 9.28. The molecule has 4 aromatic rings. The van der Waals surface area contributed by atoms with Crippen LogP contribution in [0.1, 0.15) is 16.7 Å². The van der Waals surface area contributed by atoms with Crippen molar-refractivity contribution in [3.63, 3.8) is 0 Å². The van der Waals surface area contributed by atoms with Gasteiger partial charge in [-0.1, -0.05) is 115 Å². The highest BCUT2D eigenvalue weighted by molar-refractivity contribution is 7.58. The van der Waals surface area contributed by atoms with Crippen molar-refractivity contribution in [3.8, 4) is 11.1 Å². The van der Waals surface area contributed by atoms with Gasteiger partial charge in [0.2, 0.25) is 13.3 Å². The van der Waals surface area contributed by atoms with Gasteiger partial charge in [-0.2, -0.15) is 0 Å². The molecule has 0 saturated carbocycles. The molecule has 7 nitrogen and oxygen atoms in total. The van der Waals surface area contributed by atoms with Gasteiger partial charge in [0, 0.05) is 12.6 Å². The third-order valence-electron chi connectivity index (χ3n) is 7.10. The first-order valence-corrected chi connectivity index (χ1v) is 15.4. The molecule has 0 aromatic heterocycles. The second-order valence-corrected chi connectivity index (χ2v) is 12.8. The van der Waals surface area contributed by atoms with Crippen LogP contribution in [0.5, 0.6) is 0 Å². The molecule has 4 rings (SSSR count). The normalized spacial score (nSPS) is 14.8. The molecule has 0 heterocycles. The molecule has 8 heteroatoms. The lowest BCUT2D eigenvalue weighted by Crippen LogP contribution is -2.46. The number of amides is 1. The van der Waals surface area contributed by atoms with E-state index >= 15 is 0 Å². The fraction of sp³-hybridized carbons (Fsp3) is 0.212. The maximum Gasteiger partial charge on any atom is 0.326 e. The first-order chi connectivity index (χ1) is 19.7. The molecule has 5 N–H and O–H groups in total. The van der Waals surface area contributed by atoms with E-state index in [1.165, 1.54) is 0 Å². The molecular formula is C33H35N2O5P. The number of carbonyl (C=O) groups is 2. The van der Waals surface area contributed by atoms with Crippen molar-refractivity contribution < 1.29 is 24.2 Å². The quantitative estimate of drug-likeness (QED) is 0.165. The summed E-state index contributed by atoms with van der Waals surface area (Å²) in [7, 11) is -4.02. The molecule has 4 atom stereocenters. The average molecular weight is 571 g/mol. The monoisotopic (exact) mass is 570 g/mol. The minimum Gasteiger partial charge on any atom is -0.480 e.